The Morgan fingerprint density at radius 3 is 2.35 bits per heavy atom. The fourth-order valence-corrected chi connectivity index (χ4v) is 3.41. The fourth-order valence-electron chi connectivity index (χ4n) is 3.21. The second kappa shape index (κ2) is 13.1. The predicted molar refractivity (Wildman–Crippen MR) is 126 cm³/mol. The highest BCUT2D eigenvalue weighted by molar-refractivity contribution is 6.30. The van der Waals surface area contributed by atoms with Gasteiger partial charge < -0.3 is 19.9 Å². The van der Waals surface area contributed by atoms with E-state index in [9.17, 15) is 5.11 Å². The molecule has 0 fully saturated rings. The van der Waals surface area contributed by atoms with Crippen molar-refractivity contribution in [2.24, 2.45) is 0 Å². The highest BCUT2D eigenvalue weighted by Crippen LogP contribution is 2.17. The molecule has 0 saturated carbocycles. The molecule has 3 rings (SSSR count). The molecular weight excluding hydrogens is 410 g/mol. The summed E-state index contributed by atoms with van der Waals surface area (Å²) in [5.41, 5.74) is 3.33. The lowest BCUT2D eigenvalue weighted by Gasteiger charge is -2.13. The summed E-state index contributed by atoms with van der Waals surface area (Å²) in [6.45, 7) is 3.09. The van der Waals surface area contributed by atoms with Crippen molar-refractivity contribution in [3.8, 4) is 5.75 Å². The summed E-state index contributed by atoms with van der Waals surface area (Å²) < 4.78 is 11.4. The van der Waals surface area contributed by atoms with Gasteiger partial charge in [-0.3, -0.25) is 0 Å². The van der Waals surface area contributed by atoms with Crippen LogP contribution < -0.4 is 10.1 Å². The summed E-state index contributed by atoms with van der Waals surface area (Å²) in [7, 11) is 0. The molecule has 3 aromatic rings. The number of hydrogen-bond donors (Lipinski definition) is 2. The predicted octanol–water partition coefficient (Wildman–Crippen LogP) is 4.84. The molecule has 1 unspecified atom stereocenters. The number of hydrogen-bond acceptors (Lipinski definition) is 4. The van der Waals surface area contributed by atoms with Crippen LogP contribution in [0.15, 0.2) is 78.9 Å². The third kappa shape index (κ3) is 8.72. The first-order chi connectivity index (χ1) is 15.2. The minimum Gasteiger partial charge on any atom is -0.491 e. The van der Waals surface area contributed by atoms with E-state index in [4.69, 9.17) is 21.1 Å². The van der Waals surface area contributed by atoms with Crippen molar-refractivity contribution < 1.29 is 14.6 Å². The van der Waals surface area contributed by atoms with E-state index in [0.29, 0.717) is 31.4 Å². The molecule has 0 heterocycles. The Labute approximate surface area is 189 Å². The van der Waals surface area contributed by atoms with Gasteiger partial charge in [-0.2, -0.15) is 0 Å². The zero-order valence-electron chi connectivity index (χ0n) is 17.7. The molecule has 0 amide bonds. The van der Waals surface area contributed by atoms with Gasteiger partial charge in [0.25, 0.3) is 0 Å². The number of halogens is 1. The fraction of sp³-hybridized carbons (Fsp3) is 0.308. The number of ether oxygens (including phenoxy) is 2. The molecule has 2 N–H and O–H groups in total. The van der Waals surface area contributed by atoms with Crippen LogP contribution in [0.1, 0.15) is 22.8 Å². The van der Waals surface area contributed by atoms with E-state index in [-0.39, 0.29) is 0 Å². The van der Waals surface area contributed by atoms with Gasteiger partial charge in [0.05, 0.1) is 19.3 Å². The Kier molecular flexibility index (Phi) is 9.87. The molecule has 0 bridgehead atoms. The lowest BCUT2D eigenvalue weighted by Crippen LogP contribution is -2.23. The Morgan fingerprint density at radius 2 is 1.58 bits per heavy atom. The molecule has 0 saturated heterocycles. The summed E-state index contributed by atoms with van der Waals surface area (Å²) in [5, 5.41) is 14.2. The monoisotopic (exact) mass is 439 g/mol. The van der Waals surface area contributed by atoms with Crippen molar-refractivity contribution in [1.29, 1.82) is 0 Å². The standard InChI is InChI=1S/C26H30ClNO3/c27-24-8-4-7-23(19-24)26(29)20-28-15-13-22-9-11-25(12-10-22)31-18-17-30-16-14-21-5-2-1-3-6-21/h1-12,19,26,28-29H,13-18,20H2. The smallest absolute Gasteiger partial charge is 0.119 e. The van der Waals surface area contributed by atoms with E-state index < -0.39 is 6.10 Å². The largest absolute Gasteiger partial charge is 0.491 e. The van der Waals surface area contributed by atoms with E-state index in [1.807, 2.05) is 42.5 Å². The molecule has 0 aliphatic rings. The van der Waals surface area contributed by atoms with Crippen LogP contribution in [0.2, 0.25) is 5.02 Å². The van der Waals surface area contributed by atoms with Crippen molar-refractivity contribution >= 4 is 11.6 Å². The van der Waals surface area contributed by atoms with Gasteiger partial charge in [-0.25, -0.2) is 0 Å². The first kappa shape index (κ1) is 23.3. The number of benzene rings is 3. The summed E-state index contributed by atoms with van der Waals surface area (Å²) >= 11 is 5.97. The number of rotatable bonds is 13. The molecule has 5 heteroatoms. The lowest BCUT2D eigenvalue weighted by atomic mass is 10.1. The maximum Gasteiger partial charge on any atom is 0.119 e. The second-order valence-electron chi connectivity index (χ2n) is 7.37. The molecule has 0 aliphatic carbocycles. The Hall–Kier alpha value is -2.37. The average Bonchev–Trinajstić information content (AvgIpc) is 2.80. The van der Waals surface area contributed by atoms with Crippen LogP contribution >= 0.6 is 11.6 Å². The zero-order chi connectivity index (χ0) is 21.7. The van der Waals surface area contributed by atoms with Crippen molar-refractivity contribution in [1.82, 2.24) is 5.32 Å². The SMILES string of the molecule is OC(CNCCc1ccc(OCCOCCc2ccccc2)cc1)c1cccc(Cl)c1. The average molecular weight is 440 g/mol. The Bertz CT molecular complexity index is 887. The van der Waals surface area contributed by atoms with Gasteiger partial charge >= 0.3 is 0 Å². The molecule has 0 aromatic heterocycles. The highest BCUT2D eigenvalue weighted by atomic mass is 35.5. The first-order valence-corrected chi connectivity index (χ1v) is 11.1. The van der Waals surface area contributed by atoms with Crippen molar-refractivity contribution in [3.63, 3.8) is 0 Å². The lowest BCUT2D eigenvalue weighted by molar-refractivity contribution is 0.102. The Balaban J connectivity index is 1.26. The summed E-state index contributed by atoms with van der Waals surface area (Å²) in [6, 6.07) is 25.8. The van der Waals surface area contributed by atoms with Gasteiger partial charge in [0, 0.05) is 11.6 Å². The molecule has 164 valence electrons. The third-order valence-corrected chi connectivity index (χ3v) is 5.19. The minimum absolute atomic E-state index is 0.492. The van der Waals surface area contributed by atoms with Gasteiger partial charge in [0.15, 0.2) is 0 Å². The molecular formula is C26H30ClNO3. The highest BCUT2D eigenvalue weighted by Gasteiger charge is 2.07. The van der Waals surface area contributed by atoms with Crippen molar-refractivity contribution in [2.45, 2.75) is 18.9 Å². The van der Waals surface area contributed by atoms with Crippen LogP contribution in [0, 0.1) is 0 Å². The summed E-state index contributed by atoms with van der Waals surface area (Å²) in [4.78, 5) is 0. The van der Waals surface area contributed by atoms with E-state index in [1.165, 1.54) is 11.1 Å². The van der Waals surface area contributed by atoms with Crippen molar-refractivity contribution in [2.75, 3.05) is 32.9 Å². The van der Waals surface area contributed by atoms with E-state index in [2.05, 4.69) is 29.6 Å². The summed E-state index contributed by atoms with van der Waals surface area (Å²) in [6.07, 6.45) is 1.23. The normalized spacial score (nSPS) is 11.9. The molecule has 4 nitrogen and oxygen atoms in total. The zero-order valence-corrected chi connectivity index (χ0v) is 18.4. The molecule has 0 radical (unpaired) electrons. The quantitative estimate of drug-likeness (QED) is 0.374. The molecule has 0 aliphatic heterocycles. The maximum absolute atomic E-state index is 10.2. The molecule has 1 atom stereocenters. The van der Waals surface area contributed by atoms with Crippen LogP contribution in [0.5, 0.6) is 5.75 Å². The topological polar surface area (TPSA) is 50.7 Å². The van der Waals surface area contributed by atoms with E-state index in [0.717, 1.165) is 30.7 Å². The van der Waals surface area contributed by atoms with Crippen LogP contribution in [-0.2, 0) is 17.6 Å². The number of aliphatic hydroxyl groups excluding tert-OH is 1. The number of aliphatic hydroxyl groups is 1. The van der Waals surface area contributed by atoms with Crippen molar-refractivity contribution in [3.05, 3.63) is 101 Å². The van der Waals surface area contributed by atoms with Gasteiger partial charge in [-0.1, -0.05) is 66.2 Å². The van der Waals surface area contributed by atoms with Gasteiger partial charge in [0.2, 0.25) is 0 Å². The van der Waals surface area contributed by atoms with Gasteiger partial charge in [-0.15, -0.1) is 0 Å². The van der Waals surface area contributed by atoms with Crippen LogP contribution in [0.25, 0.3) is 0 Å². The molecule has 0 spiro atoms. The molecule has 3 aromatic carbocycles. The van der Waals surface area contributed by atoms with E-state index >= 15 is 0 Å². The van der Waals surface area contributed by atoms with Gasteiger partial charge in [0.1, 0.15) is 12.4 Å². The summed E-state index contributed by atoms with van der Waals surface area (Å²) in [5.74, 6) is 0.847. The van der Waals surface area contributed by atoms with Crippen LogP contribution in [-0.4, -0.2) is 38.0 Å². The van der Waals surface area contributed by atoms with Crippen LogP contribution in [0.4, 0.5) is 0 Å². The maximum atomic E-state index is 10.2. The van der Waals surface area contributed by atoms with Crippen LogP contribution in [0.3, 0.4) is 0 Å². The third-order valence-electron chi connectivity index (χ3n) is 4.96. The molecule has 31 heavy (non-hydrogen) atoms. The number of nitrogens with one attached hydrogen (secondary N) is 1. The first-order valence-electron chi connectivity index (χ1n) is 10.7. The second-order valence-corrected chi connectivity index (χ2v) is 7.80. The minimum atomic E-state index is -0.565. The Morgan fingerprint density at radius 1 is 0.806 bits per heavy atom. The van der Waals surface area contributed by atoms with Gasteiger partial charge in [-0.05, 0) is 60.3 Å². The van der Waals surface area contributed by atoms with E-state index in [1.54, 1.807) is 12.1 Å².